The molecule has 16 nitrogen and oxygen atoms in total. The molecule has 0 amide bonds. The van der Waals surface area contributed by atoms with Crippen LogP contribution in [0.2, 0.25) is 0 Å². The Morgan fingerprint density at radius 1 is 0.932 bits per heavy atom. The molecule has 3 aliphatic rings. The van der Waals surface area contributed by atoms with Crippen molar-refractivity contribution in [3.05, 3.63) is 58.6 Å². The smallest absolute Gasteiger partial charge is 0.217 e. The van der Waals surface area contributed by atoms with Gasteiger partial charge in [-0.15, -0.1) is 0 Å². The molecule has 12 N–H and O–H groups in total. The number of aliphatic hydroxyl groups is 9. The zero-order valence-electron chi connectivity index (χ0n) is 22.6. The van der Waals surface area contributed by atoms with E-state index in [1.807, 2.05) is 0 Å². The van der Waals surface area contributed by atoms with Gasteiger partial charge in [-0.05, 0) is 23.8 Å². The van der Waals surface area contributed by atoms with E-state index in [-0.39, 0.29) is 5.75 Å². The molecule has 1 aromatic carbocycles. The van der Waals surface area contributed by atoms with E-state index in [1.54, 1.807) is 22.6 Å². The molecular formula is C27H32INO15. The average Bonchev–Trinajstić information content (AvgIpc) is 3.00. The van der Waals surface area contributed by atoms with Crippen LogP contribution >= 0.6 is 22.6 Å². The normalized spacial score (nSPS) is 38.4. The molecule has 242 valence electrons. The molecule has 2 aliphatic heterocycles. The summed E-state index contributed by atoms with van der Waals surface area (Å²) in [5.41, 5.74) is -5.04. The number of carbonyl (C=O) groups is 2. The number of rotatable bonds is 8. The van der Waals surface area contributed by atoms with Crippen molar-refractivity contribution in [1.82, 2.24) is 0 Å². The Balaban J connectivity index is 1.94. The highest BCUT2D eigenvalue weighted by molar-refractivity contribution is 14.1. The third kappa shape index (κ3) is 5.79. The van der Waals surface area contributed by atoms with Gasteiger partial charge in [0.2, 0.25) is 11.4 Å². The summed E-state index contributed by atoms with van der Waals surface area (Å²) >= 11 is 1.67. The Morgan fingerprint density at radius 2 is 1.55 bits per heavy atom. The summed E-state index contributed by atoms with van der Waals surface area (Å²) in [6, 6.07) is 5.44. The van der Waals surface area contributed by atoms with Gasteiger partial charge >= 0.3 is 0 Å². The summed E-state index contributed by atoms with van der Waals surface area (Å²) in [5.74, 6) is 0.114. The number of phenols is 1. The van der Waals surface area contributed by atoms with Crippen molar-refractivity contribution >= 4 is 40.2 Å². The van der Waals surface area contributed by atoms with E-state index < -0.39 is 112 Å². The molecule has 1 aromatic rings. The number of alkyl halides is 1. The Bertz CT molecular complexity index is 1340. The van der Waals surface area contributed by atoms with Gasteiger partial charge in [0.25, 0.3) is 0 Å². The van der Waals surface area contributed by atoms with Crippen molar-refractivity contribution in [1.29, 1.82) is 0 Å². The maximum atomic E-state index is 14.0. The van der Waals surface area contributed by atoms with Crippen molar-refractivity contribution in [2.24, 2.45) is 5.90 Å². The van der Waals surface area contributed by atoms with Gasteiger partial charge in [-0.2, -0.15) is 5.90 Å². The largest absolute Gasteiger partial charge is 0.508 e. The number of ether oxygens (including phenoxy) is 2. The summed E-state index contributed by atoms with van der Waals surface area (Å²) in [7, 11) is 0. The number of hydrogen-bond acceptors (Lipinski definition) is 16. The van der Waals surface area contributed by atoms with E-state index in [4.69, 9.17) is 20.2 Å². The summed E-state index contributed by atoms with van der Waals surface area (Å²) < 4.78 is 10.2. The number of halogens is 1. The minimum absolute atomic E-state index is 0.0758. The number of phenolic OH excluding ortho intramolecular Hbond substituents is 1. The molecular weight excluding hydrogens is 705 g/mol. The third-order valence-electron chi connectivity index (χ3n) is 7.77. The number of hydrogen-bond donors (Lipinski definition) is 11. The first-order valence-electron chi connectivity index (χ1n) is 13.1. The molecule has 0 saturated carbocycles. The highest BCUT2D eigenvalue weighted by Gasteiger charge is 2.64. The number of allylic oxidation sites excluding steroid dienone is 1. The van der Waals surface area contributed by atoms with E-state index in [9.17, 15) is 60.7 Å². The summed E-state index contributed by atoms with van der Waals surface area (Å²) in [6.07, 6.45) is -15.0. The van der Waals surface area contributed by atoms with Crippen molar-refractivity contribution in [3.63, 3.8) is 0 Å². The fourth-order valence-electron chi connectivity index (χ4n) is 5.35. The van der Waals surface area contributed by atoms with Gasteiger partial charge in [0.1, 0.15) is 59.8 Å². The fourth-order valence-corrected chi connectivity index (χ4v) is 6.18. The number of Topliss-reactive ketones (excluding diaryl/α,β-unsaturated/α-hetero) is 1. The molecule has 0 radical (unpaired) electrons. The van der Waals surface area contributed by atoms with Gasteiger partial charge in [-0.25, -0.2) is 0 Å². The Labute approximate surface area is 262 Å². The standard InChI is InChI=1S/C27H32INO15/c28-16-12(7-30)43-26(22(39)19(16)36)27(41)24(40)14(11(33)6-3-9-1-4-10(32)5-2-9)18(35)15(25(27)44-29)23-21(38)20(37)17(34)13(8-31)42-23/h1-6,12-13,16-17,19-23,26,30-32,34-39,41H,7-8,29H2/b6-3+/t12-,13-,16-,17-,19+,20+,21-,22-,23?,26?,27?/m1/s1. The Hall–Kier alpha value is -2.53. The first-order valence-corrected chi connectivity index (χ1v) is 14.4. The molecule has 2 heterocycles. The molecule has 2 saturated heterocycles. The second kappa shape index (κ2) is 13.4. The van der Waals surface area contributed by atoms with Gasteiger partial charge in [0.05, 0.1) is 34.9 Å². The lowest BCUT2D eigenvalue weighted by atomic mass is 9.72. The second-order valence-electron chi connectivity index (χ2n) is 10.4. The van der Waals surface area contributed by atoms with Crippen LogP contribution in [0.1, 0.15) is 5.56 Å². The van der Waals surface area contributed by atoms with Crippen LogP contribution in [0.25, 0.3) is 6.08 Å². The first kappa shape index (κ1) is 34.3. The van der Waals surface area contributed by atoms with E-state index in [1.165, 1.54) is 30.3 Å². The van der Waals surface area contributed by atoms with Gasteiger partial charge < -0.3 is 65.4 Å². The molecule has 44 heavy (non-hydrogen) atoms. The van der Waals surface area contributed by atoms with Crippen LogP contribution in [0.15, 0.2) is 53.0 Å². The van der Waals surface area contributed by atoms with Crippen LogP contribution in [-0.4, -0.2) is 140 Å². The molecule has 0 spiro atoms. The Kier molecular flexibility index (Phi) is 10.5. The van der Waals surface area contributed by atoms with Crippen molar-refractivity contribution in [2.45, 2.75) is 64.5 Å². The van der Waals surface area contributed by atoms with Crippen LogP contribution in [0.5, 0.6) is 5.75 Å². The van der Waals surface area contributed by atoms with Gasteiger partial charge in [0, 0.05) is 0 Å². The number of ketones is 2. The van der Waals surface area contributed by atoms with Gasteiger partial charge in [-0.3, -0.25) is 9.59 Å². The van der Waals surface area contributed by atoms with Gasteiger partial charge in [-0.1, -0.05) is 40.8 Å². The van der Waals surface area contributed by atoms with E-state index in [0.29, 0.717) is 5.56 Å². The van der Waals surface area contributed by atoms with Crippen LogP contribution in [0.3, 0.4) is 0 Å². The number of carbonyl (C=O) groups excluding carboxylic acids is 2. The Morgan fingerprint density at radius 3 is 2.11 bits per heavy atom. The number of aliphatic hydroxyl groups excluding tert-OH is 8. The van der Waals surface area contributed by atoms with Crippen LogP contribution in [0, 0.1) is 0 Å². The van der Waals surface area contributed by atoms with Crippen molar-refractivity contribution < 1.29 is 75.0 Å². The SMILES string of the molecule is NOC1=C(C2O[C@H](CO)[C@@H](O)[C@H](O)[C@H]2O)C(O)=C(C(=O)/C=C/c2ccc(O)cc2)C(=O)C1(O)C1O[C@H](CO)[C@@H](I)[C@H](O)[C@H]1O. The molecule has 0 bridgehead atoms. The highest BCUT2D eigenvalue weighted by atomic mass is 127. The van der Waals surface area contributed by atoms with Crippen LogP contribution in [0.4, 0.5) is 0 Å². The molecule has 4 rings (SSSR count). The summed E-state index contributed by atoms with van der Waals surface area (Å²) in [4.78, 5) is 32.3. The zero-order chi connectivity index (χ0) is 32.7. The zero-order valence-corrected chi connectivity index (χ0v) is 24.8. The highest BCUT2D eigenvalue weighted by Crippen LogP contribution is 2.45. The van der Waals surface area contributed by atoms with Crippen molar-refractivity contribution in [3.8, 4) is 5.75 Å². The third-order valence-corrected chi connectivity index (χ3v) is 9.31. The lowest BCUT2D eigenvalue weighted by Gasteiger charge is -2.48. The molecule has 1 aliphatic carbocycles. The van der Waals surface area contributed by atoms with E-state index >= 15 is 0 Å². The predicted molar refractivity (Wildman–Crippen MR) is 153 cm³/mol. The van der Waals surface area contributed by atoms with Gasteiger partial charge in [0.15, 0.2) is 11.5 Å². The van der Waals surface area contributed by atoms with E-state index in [2.05, 4.69) is 0 Å². The second-order valence-corrected chi connectivity index (χ2v) is 11.9. The lowest BCUT2D eigenvalue weighted by Crippen LogP contribution is -2.69. The molecule has 11 atom stereocenters. The minimum Gasteiger partial charge on any atom is -0.508 e. The number of benzene rings is 1. The minimum atomic E-state index is -3.35. The van der Waals surface area contributed by atoms with Crippen LogP contribution < -0.4 is 5.90 Å². The quantitative estimate of drug-likeness (QED) is 0.0404. The monoisotopic (exact) mass is 737 g/mol. The summed E-state index contributed by atoms with van der Waals surface area (Å²) in [5, 5.41) is 106. The maximum Gasteiger partial charge on any atom is 0.217 e. The number of aromatic hydroxyl groups is 1. The molecule has 2 fully saturated rings. The molecule has 17 heteroatoms. The average molecular weight is 737 g/mol. The molecule has 0 aromatic heterocycles. The van der Waals surface area contributed by atoms with Crippen LogP contribution in [-0.2, 0) is 23.9 Å². The fraction of sp³-hybridized carbons (Fsp3) is 0.481. The lowest BCUT2D eigenvalue weighted by molar-refractivity contribution is -0.230. The predicted octanol–water partition coefficient (Wildman–Crippen LogP) is -3.63. The van der Waals surface area contributed by atoms with Crippen molar-refractivity contribution in [2.75, 3.05) is 13.2 Å². The first-order chi connectivity index (χ1) is 20.7. The topological polar surface area (TPSA) is 290 Å². The maximum absolute atomic E-state index is 14.0. The number of nitrogens with two attached hydrogens (primary N) is 1. The van der Waals surface area contributed by atoms with E-state index in [0.717, 1.165) is 6.08 Å². The summed E-state index contributed by atoms with van der Waals surface area (Å²) in [6.45, 7) is -1.68. The molecule has 3 unspecified atom stereocenters.